The molecule has 0 spiro atoms. The first-order valence-corrected chi connectivity index (χ1v) is 7.53. The van der Waals surface area contributed by atoms with E-state index in [0.717, 1.165) is 16.7 Å². The van der Waals surface area contributed by atoms with Crippen LogP contribution in [0.5, 0.6) is 0 Å². The monoisotopic (exact) mass is 323 g/mol. The normalized spacial score (nSPS) is 10.3. The minimum absolute atomic E-state index is 0.197. The topological polar surface area (TPSA) is 39.2 Å². The van der Waals surface area contributed by atoms with Gasteiger partial charge in [-0.15, -0.1) is 0 Å². The first kappa shape index (κ1) is 15.3. The van der Waals surface area contributed by atoms with Gasteiger partial charge < -0.3 is 4.74 Å². The van der Waals surface area contributed by atoms with Crippen molar-refractivity contribution < 1.29 is 9.53 Å². The molecule has 0 aliphatic heterocycles. The second-order valence-corrected chi connectivity index (χ2v) is 5.43. The molecule has 1 heterocycles. The summed E-state index contributed by atoms with van der Waals surface area (Å²) in [5.74, 6) is -0.486. The van der Waals surface area contributed by atoms with E-state index in [1.54, 1.807) is 6.07 Å². The molecule has 114 valence electrons. The maximum absolute atomic E-state index is 11.9. The number of pyridine rings is 1. The lowest BCUT2D eigenvalue weighted by Gasteiger charge is -2.06. The highest BCUT2D eigenvalue weighted by Crippen LogP contribution is 2.19. The van der Waals surface area contributed by atoms with E-state index in [4.69, 9.17) is 16.3 Å². The highest BCUT2D eigenvalue weighted by Gasteiger charge is 2.09. The third-order valence-corrected chi connectivity index (χ3v) is 3.60. The molecule has 3 nitrogen and oxygen atoms in total. The summed E-state index contributed by atoms with van der Waals surface area (Å²) in [6, 6.07) is 21.1. The van der Waals surface area contributed by atoms with Crippen LogP contribution >= 0.6 is 11.6 Å². The molecule has 0 radical (unpaired) electrons. The molecule has 0 saturated carbocycles. The zero-order valence-corrected chi connectivity index (χ0v) is 13.0. The van der Waals surface area contributed by atoms with Crippen molar-refractivity contribution in [3.05, 3.63) is 89.2 Å². The molecular formula is C19H14ClNO2. The molecule has 4 heteroatoms. The van der Waals surface area contributed by atoms with E-state index >= 15 is 0 Å². The summed E-state index contributed by atoms with van der Waals surface area (Å²) >= 11 is 5.83. The van der Waals surface area contributed by atoms with Gasteiger partial charge in [-0.2, -0.15) is 0 Å². The standard InChI is InChI=1S/C19H14ClNO2/c20-17-10-11-21-18(12-17)19(22)23-13-14-6-8-16(9-7-14)15-4-2-1-3-5-15/h1-12H,13H2. The molecule has 0 fully saturated rings. The number of ether oxygens (including phenoxy) is 1. The maximum Gasteiger partial charge on any atom is 0.357 e. The number of aromatic nitrogens is 1. The fourth-order valence-electron chi connectivity index (χ4n) is 2.16. The van der Waals surface area contributed by atoms with Crippen LogP contribution in [0, 0.1) is 0 Å². The average molecular weight is 324 g/mol. The van der Waals surface area contributed by atoms with Gasteiger partial charge in [0.2, 0.25) is 0 Å². The van der Waals surface area contributed by atoms with Crippen LogP contribution in [-0.2, 0) is 11.3 Å². The van der Waals surface area contributed by atoms with Gasteiger partial charge in [0.05, 0.1) is 0 Å². The predicted molar refractivity (Wildman–Crippen MR) is 90.2 cm³/mol. The Balaban J connectivity index is 1.64. The Morgan fingerprint density at radius 1 is 0.957 bits per heavy atom. The predicted octanol–water partition coefficient (Wildman–Crippen LogP) is 4.76. The van der Waals surface area contributed by atoms with Gasteiger partial charge in [-0.05, 0) is 28.8 Å². The van der Waals surface area contributed by atoms with Crippen molar-refractivity contribution >= 4 is 17.6 Å². The van der Waals surface area contributed by atoms with Crippen molar-refractivity contribution in [1.82, 2.24) is 4.98 Å². The zero-order chi connectivity index (χ0) is 16.1. The summed E-state index contributed by atoms with van der Waals surface area (Å²) in [5.41, 5.74) is 3.40. The molecule has 0 atom stereocenters. The fourth-order valence-corrected chi connectivity index (χ4v) is 2.32. The largest absolute Gasteiger partial charge is 0.456 e. The lowest BCUT2D eigenvalue weighted by Crippen LogP contribution is -2.07. The first-order valence-electron chi connectivity index (χ1n) is 7.15. The summed E-state index contributed by atoms with van der Waals surface area (Å²) < 4.78 is 5.25. The van der Waals surface area contributed by atoms with Crippen LogP contribution in [0.1, 0.15) is 16.1 Å². The highest BCUT2D eigenvalue weighted by molar-refractivity contribution is 6.30. The molecular weight excluding hydrogens is 310 g/mol. The lowest BCUT2D eigenvalue weighted by molar-refractivity contribution is 0.0466. The number of hydrogen-bond donors (Lipinski definition) is 0. The lowest BCUT2D eigenvalue weighted by atomic mass is 10.0. The molecule has 23 heavy (non-hydrogen) atoms. The van der Waals surface area contributed by atoms with Crippen LogP contribution in [0.15, 0.2) is 72.9 Å². The molecule has 0 N–H and O–H groups in total. The summed E-state index contributed by atoms with van der Waals surface area (Å²) in [7, 11) is 0. The Hall–Kier alpha value is -2.65. The molecule has 0 aliphatic carbocycles. The van der Waals surface area contributed by atoms with Crippen molar-refractivity contribution in [3.63, 3.8) is 0 Å². The Labute approximate surface area is 139 Å². The van der Waals surface area contributed by atoms with Crippen LogP contribution in [0.2, 0.25) is 5.02 Å². The first-order chi connectivity index (χ1) is 11.2. The smallest absolute Gasteiger partial charge is 0.357 e. The molecule has 1 aromatic heterocycles. The van der Waals surface area contributed by atoms with Gasteiger partial charge in [-0.1, -0.05) is 66.2 Å². The van der Waals surface area contributed by atoms with Crippen LogP contribution in [0.25, 0.3) is 11.1 Å². The molecule has 2 aromatic carbocycles. The number of hydrogen-bond acceptors (Lipinski definition) is 3. The molecule has 0 bridgehead atoms. The van der Waals surface area contributed by atoms with Gasteiger partial charge in [0.15, 0.2) is 0 Å². The molecule has 3 rings (SSSR count). The van der Waals surface area contributed by atoms with E-state index in [2.05, 4.69) is 17.1 Å². The SMILES string of the molecule is O=C(OCc1ccc(-c2ccccc2)cc1)c1cc(Cl)ccn1. The maximum atomic E-state index is 11.9. The van der Waals surface area contributed by atoms with E-state index in [9.17, 15) is 4.79 Å². The Kier molecular flexibility index (Phi) is 4.69. The van der Waals surface area contributed by atoms with Crippen molar-refractivity contribution in [3.8, 4) is 11.1 Å². The van der Waals surface area contributed by atoms with Crippen molar-refractivity contribution in [2.24, 2.45) is 0 Å². The molecule has 0 unspecified atom stereocenters. The van der Waals surface area contributed by atoms with E-state index < -0.39 is 5.97 Å². The minimum atomic E-state index is -0.486. The number of benzene rings is 2. The van der Waals surface area contributed by atoms with E-state index in [0.29, 0.717) is 5.02 Å². The number of esters is 1. The van der Waals surface area contributed by atoms with E-state index in [1.807, 2.05) is 42.5 Å². The third kappa shape index (κ3) is 3.96. The molecule has 3 aromatic rings. The third-order valence-electron chi connectivity index (χ3n) is 3.36. The van der Waals surface area contributed by atoms with Gasteiger partial charge in [0.25, 0.3) is 0 Å². The summed E-state index contributed by atoms with van der Waals surface area (Å²) in [4.78, 5) is 15.9. The van der Waals surface area contributed by atoms with Gasteiger partial charge in [0, 0.05) is 11.2 Å². The van der Waals surface area contributed by atoms with E-state index in [-0.39, 0.29) is 12.3 Å². The molecule has 0 aliphatic rings. The summed E-state index contributed by atoms with van der Waals surface area (Å²) in [6.07, 6.45) is 1.48. The zero-order valence-electron chi connectivity index (χ0n) is 12.3. The second-order valence-electron chi connectivity index (χ2n) is 5.00. The summed E-state index contributed by atoms with van der Waals surface area (Å²) in [5, 5.41) is 0.458. The number of rotatable bonds is 4. The number of carbonyl (C=O) groups excluding carboxylic acids is 1. The van der Waals surface area contributed by atoms with Crippen LogP contribution in [0.3, 0.4) is 0 Å². The Morgan fingerprint density at radius 3 is 2.35 bits per heavy atom. The Morgan fingerprint density at radius 2 is 1.65 bits per heavy atom. The molecule has 0 amide bonds. The van der Waals surface area contributed by atoms with Gasteiger partial charge in [-0.25, -0.2) is 9.78 Å². The fraction of sp³-hybridized carbons (Fsp3) is 0.0526. The average Bonchev–Trinajstić information content (AvgIpc) is 2.61. The number of nitrogens with zero attached hydrogens (tertiary/aromatic N) is 1. The Bertz CT molecular complexity index is 801. The quantitative estimate of drug-likeness (QED) is 0.650. The minimum Gasteiger partial charge on any atom is -0.456 e. The van der Waals surface area contributed by atoms with Gasteiger partial charge in [0.1, 0.15) is 12.3 Å². The molecule has 0 saturated heterocycles. The van der Waals surface area contributed by atoms with Crippen LogP contribution < -0.4 is 0 Å². The van der Waals surface area contributed by atoms with Crippen LogP contribution in [-0.4, -0.2) is 11.0 Å². The van der Waals surface area contributed by atoms with Crippen LogP contribution in [0.4, 0.5) is 0 Å². The highest BCUT2D eigenvalue weighted by atomic mass is 35.5. The van der Waals surface area contributed by atoms with Crippen molar-refractivity contribution in [1.29, 1.82) is 0 Å². The van der Waals surface area contributed by atoms with Crippen molar-refractivity contribution in [2.45, 2.75) is 6.61 Å². The van der Waals surface area contributed by atoms with E-state index in [1.165, 1.54) is 12.3 Å². The van der Waals surface area contributed by atoms with Gasteiger partial charge >= 0.3 is 5.97 Å². The second kappa shape index (κ2) is 7.07. The van der Waals surface area contributed by atoms with Gasteiger partial charge in [-0.3, -0.25) is 0 Å². The number of carbonyl (C=O) groups is 1. The number of halogens is 1. The van der Waals surface area contributed by atoms with Crippen molar-refractivity contribution in [2.75, 3.05) is 0 Å². The summed E-state index contributed by atoms with van der Waals surface area (Å²) in [6.45, 7) is 0.197.